The average Bonchev–Trinajstić information content (AvgIpc) is 3.28. The molecule has 0 spiro atoms. The third-order valence-corrected chi connectivity index (χ3v) is 5.06. The van der Waals surface area contributed by atoms with Gasteiger partial charge >= 0.3 is 0 Å². The topological polar surface area (TPSA) is 97.9 Å². The van der Waals surface area contributed by atoms with Crippen LogP contribution in [0.4, 0.5) is 0 Å². The first-order chi connectivity index (χ1) is 13.5. The van der Waals surface area contributed by atoms with E-state index in [9.17, 15) is 4.79 Å². The van der Waals surface area contributed by atoms with E-state index in [1.54, 1.807) is 31.6 Å². The number of carbonyl (C=O) groups is 1. The highest BCUT2D eigenvalue weighted by Gasteiger charge is 2.28. The van der Waals surface area contributed by atoms with Gasteiger partial charge in [0.2, 0.25) is 0 Å². The van der Waals surface area contributed by atoms with Crippen LogP contribution in [0.2, 0.25) is 0 Å². The molecule has 4 rings (SSSR count). The van der Waals surface area contributed by atoms with Crippen molar-refractivity contribution in [3.05, 3.63) is 53.3 Å². The molecule has 0 bridgehead atoms. The first kappa shape index (κ1) is 18.2. The molecule has 1 aliphatic heterocycles. The Hall–Kier alpha value is -3.16. The molecule has 0 aliphatic carbocycles. The van der Waals surface area contributed by atoms with E-state index >= 15 is 0 Å². The smallest absolute Gasteiger partial charge is 0.272 e. The Balaban J connectivity index is 1.40. The summed E-state index contributed by atoms with van der Waals surface area (Å²) >= 11 is 0. The summed E-state index contributed by atoms with van der Waals surface area (Å²) in [5.41, 5.74) is 3.85. The molecule has 0 aromatic carbocycles. The van der Waals surface area contributed by atoms with Gasteiger partial charge in [-0.05, 0) is 45.6 Å². The van der Waals surface area contributed by atoms with E-state index < -0.39 is 0 Å². The SMILES string of the molecule is Cc1nccc(C(=O)N2CC[C@H](Cc3cnc(-c4c(C)noc4C)cn3)C2)n1. The van der Waals surface area contributed by atoms with E-state index in [-0.39, 0.29) is 5.91 Å². The second kappa shape index (κ2) is 7.46. The molecular formula is C20H22N6O2. The second-order valence-electron chi connectivity index (χ2n) is 7.19. The summed E-state index contributed by atoms with van der Waals surface area (Å²) in [4.78, 5) is 31.9. The summed E-state index contributed by atoms with van der Waals surface area (Å²) in [6, 6.07) is 1.67. The number of likely N-dealkylation sites (tertiary alicyclic amines) is 1. The maximum atomic E-state index is 12.6. The van der Waals surface area contributed by atoms with Crippen molar-refractivity contribution in [2.75, 3.05) is 13.1 Å². The third-order valence-electron chi connectivity index (χ3n) is 5.06. The van der Waals surface area contributed by atoms with Gasteiger partial charge in [0.05, 0.1) is 28.8 Å². The molecule has 0 saturated carbocycles. The number of hydrogen-bond acceptors (Lipinski definition) is 7. The van der Waals surface area contributed by atoms with E-state index in [1.165, 1.54) is 0 Å². The van der Waals surface area contributed by atoms with Crippen LogP contribution in [0.25, 0.3) is 11.3 Å². The van der Waals surface area contributed by atoms with Gasteiger partial charge in [0.25, 0.3) is 5.91 Å². The first-order valence-corrected chi connectivity index (χ1v) is 9.34. The van der Waals surface area contributed by atoms with Crippen LogP contribution in [-0.2, 0) is 6.42 Å². The summed E-state index contributed by atoms with van der Waals surface area (Å²) in [6.45, 7) is 6.99. The van der Waals surface area contributed by atoms with Gasteiger partial charge in [0.15, 0.2) is 0 Å². The fourth-order valence-corrected chi connectivity index (χ4v) is 3.65. The van der Waals surface area contributed by atoms with E-state index in [1.807, 2.05) is 18.7 Å². The number of aromatic nitrogens is 5. The van der Waals surface area contributed by atoms with Crippen LogP contribution in [0.3, 0.4) is 0 Å². The zero-order valence-corrected chi connectivity index (χ0v) is 16.2. The van der Waals surface area contributed by atoms with Crippen LogP contribution in [0.15, 0.2) is 29.2 Å². The minimum absolute atomic E-state index is 0.0344. The molecule has 1 atom stereocenters. The van der Waals surface area contributed by atoms with Gasteiger partial charge < -0.3 is 9.42 Å². The minimum Gasteiger partial charge on any atom is -0.361 e. The largest absolute Gasteiger partial charge is 0.361 e. The molecule has 1 saturated heterocycles. The zero-order chi connectivity index (χ0) is 19.7. The van der Waals surface area contributed by atoms with Crippen molar-refractivity contribution in [3.8, 4) is 11.3 Å². The second-order valence-corrected chi connectivity index (χ2v) is 7.19. The number of rotatable bonds is 4. The lowest BCUT2D eigenvalue weighted by atomic mass is 10.0. The normalized spacial score (nSPS) is 16.5. The van der Waals surface area contributed by atoms with Gasteiger partial charge in [-0.25, -0.2) is 9.97 Å². The lowest BCUT2D eigenvalue weighted by Crippen LogP contribution is -2.29. The molecule has 1 amide bonds. The number of nitrogens with zero attached hydrogens (tertiary/aromatic N) is 6. The lowest BCUT2D eigenvalue weighted by molar-refractivity contribution is 0.0780. The Morgan fingerprint density at radius 2 is 2.07 bits per heavy atom. The molecule has 3 aromatic rings. The summed E-state index contributed by atoms with van der Waals surface area (Å²) < 4.78 is 5.20. The molecule has 0 radical (unpaired) electrons. The summed E-state index contributed by atoms with van der Waals surface area (Å²) in [7, 11) is 0. The van der Waals surface area contributed by atoms with Crippen molar-refractivity contribution in [1.82, 2.24) is 30.0 Å². The lowest BCUT2D eigenvalue weighted by Gasteiger charge is -2.16. The number of carbonyl (C=O) groups excluding carboxylic acids is 1. The first-order valence-electron chi connectivity index (χ1n) is 9.34. The highest BCUT2D eigenvalue weighted by Crippen LogP contribution is 2.25. The Bertz CT molecular complexity index is 979. The van der Waals surface area contributed by atoms with Gasteiger partial charge in [0.1, 0.15) is 17.3 Å². The highest BCUT2D eigenvalue weighted by atomic mass is 16.5. The summed E-state index contributed by atoms with van der Waals surface area (Å²) in [5.74, 6) is 1.68. The van der Waals surface area contributed by atoms with Crippen LogP contribution in [0.1, 0.15) is 39.9 Å². The Morgan fingerprint density at radius 1 is 1.21 bits per heavy atom. The number of aryl methyl sites for hydroxylation is 3. The van der Waals surface area contributed by atoms with E-state index in [4.69, 9.17) is 4.52 Å². The fraction of sp³-hybridized carbons (Fsp3) is 0.400. The Labute approximate surface area is 163 Å². The van der Waals surface area contributed by atoms with Gasteiger partial charge in [-0.15, -0.1) is 0 Å². The minimum atomic E-state index is -0.0344. The van der Waals surface area contributed by atoms with Gasteiger partial charge in [-0.3, -0.25) is 14.8 Å². The molecular weight excluding hydrogens is 356 g/mol. The van der Waals surface area contributed by atoms with Crippen LogP contribution in [0, 0.1) is 26.7 Å². The Kier molecular flexibility index (Phi) is 4.85. The van der Waals surface area contributed by atoms with Gasteiger partial charge in [0, 0.05) is 25.5 Å². The van der Waals surface area contributed by atoms with Crippen LogP contribution in [0.5, 0.6) is 0 Å². The Morgan fingerprint density at radius 3 is 2.75 bits per heavy atom. The van der Waals surface area contributed by atoms with Crippen LogP contribution in [-0.4, -0.2) is 49.0 Å². The van der Waals surface area contributed by atoms with Crippen molar-refractivity contribution >= 4 is 5.91 Å². The quantitative estimate of drug-likeness (QED) is 0.688. The molecule has 8 nitrogen and oxygen atoms in total. The predicted octanol–water partition coefficient (Wildman–Crippen LogP) is 2.55. The van der Waals surface area contributed by atoms with Crippen molar-refractivity contribution in [1.29, 1.82) is 0 Å². The summed E-state index contributed by atoms with van der Waals surface area (Å²) in [6.07, 6.45) is 6.94. The molecule has 144 valence electrons. The molecule has 28 heavy (non-hydrogen) atoms. The fourth-order valence-electron chi connectivity index (χ4n) is 3.65. The number of amides is 1. The highest BCUT2D eigenvalue weighted by molar-refractivity contribution is 5.92. The predicted molar refractivity (Wildman–Crippen MR) is 101 cm³/mol. The van der Waals surface area contributed by atoms with Crippen molar-refractivity contribution in [3.63, 3.8) is 0 Å². The zero-order valence-electron chi connectivity index (χ0n) is 16.2. The van der Waals surface area contributed by atoms with Crippen molar-refractivity contribution in [2.45, 2.75) is 33.6 Å². The van der Waals surface area contributed by atoms with E-state index in [2.05, 4.69) is 25.1 Å². The van der Waals surface area contributed by atoms with Gasteiger partial charge in [-0.2, -0.15) is 0 Å². The third kappa shape index (κ3) is 3.62. The summed E-state index contributed by atoms with van der Waals surface area (Å²) in [5, 5.41) is 3.96. The molecule has 8 heteroatoms. The average molecular weight is 378 g/mol. The standard InChI is InChI=1S/C20H22N6O2/c1-12-19(13(2)28-25-12)18-10-22-16(9-23-18)8-15-5-7-26(11-15)20(27)17-4-6-21-14(3)24-17/h4,6,9-10,15H,5,7-8,11H2,1-3H3/t15-/m1/s1. The van der Waals surface area contributed by atoms with E-state index in [0.29, 0.717) is 24.0 Å². The molecule has 4 heterocycles. The molecule has 1 fully saturated rings. The molecule has 0 unspecified atom stereocenters. The molecule has 1 aliphatic rings. The monoisotopic (exact) mass is 378 g/mol. The van der Waals surface area contributed by atoms with E-state index in [0.717, 1.165) is 47.8 Å². The number of hydrogen-bond donors (Lipinski definition) is 0. The van der Waals surface area contributed by atoms with Crippen molar-refractivity contribution in [2.24, 2.45) is 5.92 Å². The molecule has 3 aromatic heterocycles. The maximum absolute atomic E-state index is 12.6. The van der Waals surface area contributed by atoms with Gasteiger partial charge in [-0.1, -0.05) is 5.16 Å². The molecule has 0 N–H and O–H groups in total. The maximum Gasteiger partial charge on any atom is 0.272 e. The van der Waals surface area contributed by atoms with Crippen LogP contribution < -0.4 is 0 Å². The van der Waals surface area contributed by atoms with Crippen molar-refractivity contribution < 1.29 is 9.32 Å². The van der Waals surface area contributed by atoms with Crippen LogP contribution >= 0.6 is 0 Å².